The van der Waals surface area contributed by atoms with Gasteiger partial charge >= 0.3 is 0 Å². The van der Waals surface area contributed by atoms with Gasteiger partial charge in [0.15, 0.2) is 0 Å². The summed E-state index contributed by atoms with van der Waals surface area (Å²) in [6, 6.07) is 25.6. The molecule has 0 aliphatic rings. The lowest BCUT2D eigenvalue weighted by Gasteiger charge is -2.14. The first kappa shape index (κ1) is 17.7. The minimum absolute atomic E-state index is 0.199. The van der Waals surface area contributed by atoms with Gasteiger partial charge in [-0.3, -0.25) is 0 Å². The summed E-state index contributed by atoms with van der Waals surface area (Å²) in [5.74, 6) is 0. The van der Waals surface area contributed by atoms with Crippen molar-refractivity contribution in [2.24, 2.45) is 0 Å². The average molecular weight is 380 g/mol. The van der Waals surface area contributed by atoms with Crippen molar-refractivity contribution >= 4 is 21.7 Å². The van der Waals surface area contributed by atoms with Gasteiger partial charge in [-0.2, -0.15) is 5.10 Å². The van der Waals surface area contributed by atoms with Gasteiger partial charge in [0.2, 0.25) is 0 Å². The SMILES string of the molecule is Cc1c([C@H](C)NCc2cc3ccccc3[nH]2)cnn1-c1cccc2ccccc12. The molecule has 2 heterocycles. The lowest BCUT2D eigenvalue weighted by Crippen LogP contribution is -2.18. The molecule has 0 bridgehead atoms. The minimum Gasteiger partial charge on any atom is -0.357 e. The molecule has 144 valence electrons. The van der Waals surface area contributed by atoms with Crippen LogP contribution in [0.4, 0.5) is 0 Å². The predicted molar refractivity (Wildman–Crippen MR) is 119 cm³/mol. The molecule has 0 amide bonds. The molecule has 0 saturated heterocycles. The number of para-hydroxylation sites is 1. The Morgan fingerprint density at radius 3 is 2.59 bits per heavy atom. The van der Waals surface area contributed by atoms with Crippen molar-refractivity contribution in [2.45, 2.75) is 26.4 Å². The molecule has 0 fully saturated rings. The first-order valence-electron chi connectivity index (χ1n) is 10.0. The number of fused-ring (bicyclic) bond motifs is 2. The molecule has 0 aliphatic carbocycles. The number of H-pyrrole nitrogens is 1. The summed E-state index contributed by atoms with van der Waals surface area (Å²) >= 11 is 0. The van der Waals surface area contributed by atoms with Gasteiger partial charge in [0.25, 0.3) is 0 Å². The van der Waals surface area contributed by atoms with Crippen LogP contribution in [0.25, 0.3) is 27.4 Å². The summed E-state index contributed by atoms with van der Waals surface area (Å²) in [4.78, 5) is 3.48. The molecule has 0 aliphatic heterocycles. The van der Waals surface area contributed by atoms with Crippen LogP contribution < -0.4 is 5.32 Å². The Hall–Kier alpha value is -3.37. The van der Waals surface area contributed by atoms with Gasteiger partial charge in [-0.15, -0.1) is 0 Å². The number of nitrogens with one attached hydrogen (secondary N) is 2. The predicted octanol–water partition coefficient (Wildman–Crippen LogP) is 5.67. The molecule has 3 aromatic carbocycles. The molecule has 0 saturated carbocycles. The van der Waals surface area contributed by atoms with Gasteiger partial charge in [0, 0.05) is 40.4 Å². The van der Waals surface area contributed by atoms with Crippen LogP contribution in [0.1, 0.15) is 29.9 Å². The summed E-state index contributed by atoms with van der Waals surface area (Å²) in [7, 11) is 0. The van der Waals surface area contributed by atoms with Crippen LogP contribution in [0.15, 0.2) is 79.0 Å². The Kier molecular flexibility index (Phi) is 4.41. The van der Waals surface area contributed by atoms with Crippen molar-refractivity contribution in [1.29, 1.82) is 0 Å². The van der Waals surface area contributed by atoms with E-state index in [1.807, 2.05) is 6.20 Å². The van der Waals surface area contributed by atoms with Crippen LogP contribution in [0.5, 0.6) is 0 Å². The van der Waals surface area contributed by atoms with Crippen LogP contribution in [0, 0.1) is 6.92 Å². The summed E-state index contributed by atoms with van der Waals surface area (Å²) in [6.45, 7) is 5.13. The lowest BCUT2D eigenvalue weighted by atomic mass is 10.1. The number of hydrogen-bond acceptors (Lipinski definition) is 2. The van der Waals surface area contributed by atoms with Crippen molar-refractivity contribution in [2.75, 3.05) is 0 Å². The van der Waals surface area contributed by atoms with E-state index in [2.05, 4.69) is 102 Å². The highest BCUT2D eigenvalue weighted by atomic mass is 15.3. The smallest absolute Gasteiger partial charge is 0.0727 e. The highest BCUT2D eigenvalue weighted by Gasteiger charge is 2.15. The van der Waals surface area contributed by atoms with E-state index >= 15 is 0 Å². The van der Waals surface area contributed by atoms with Crippen LogP contribution in [-0.4, -0.2) is 14.8 Å². The lowest BCUT2D eigenvalue weighted by molar-refractivity contribution is 0.566. The fourth-order valence-electron chi connectivity index (χ4n) is 4.08. The molecule has 5 aromatic rings. The normalized spacial score (nSPS) is 12.6. The third-order valence-corrected chi connectivity index (χ3v) is 5.69. The molecule has 1 atom stereocenters. The topological polar surface area (TPSA) is 45.6 Å². The zero-order chi connectivity index (χ0) is 19.8. The van der Waals surface area contributed by atoms with Gasteiger partial charge in [-0.25, -0.2) is 4.68 Å². The van der Waals surface area contributed by atoms with Crippen LogP contribution >= 0.6 is 0 Å². The summed E-state index contributed by atoms with van der Waals surface area (Å²) in [6.07, 6.45) is 1.99. The third kappa shape index (κ3) is 3.22. The number of rotatable bonds is 5. The maximum absolute atomic E-state index is 4.72. The Morgan fingerprint density at radius 1 is 0.966 bits per heavy atom. The number of nitrogens with zero attached hydrogens (tertiary/aromatic N) is 2. The second-order valence-corrected chi connectivity index (χ2v) is 7.58. The van der Waals surface area contributed by atoms with E-state index in [9.17, 15) is 0 Å². The summed E-state index contributed by atoms with van der Waals surface area (Å²) in [5, 5.41) is 12.0. The zero-order valence-corrected chi connectivity index (χ0v) is 16.7. The van der Waals surface area contributed by atoms with E-state index in [1.165, 1.54) is 32.9 Å². The second kappa shape index (κ2) is 7.22. The Bertz CT molecular complexity index is 1260. The van der Waals surface area contributed by atoms with Gasteiger partial charge < -0.3 is 10.3 Å². The van der Waals surface area contributed by atoms with Gasteiger partial charge in [0.1, 0.15) is 0 Å². The standard InChI is InChI=1S/C25H24N4/c1-17(26-15-21-14-20-9-4-6-12-24(20)28-21)23-16-27-29(18(23)2)25-13-7-10-19-8-3-5-11-22(19)25/h3-14,16-17,26,28H,15H2,1-2H3/t17-/m0/s1. The van der Waals surface area contributed by atoms with Crippen LogP contribution in [-0.2, 0) is 6.54 Å². The molecule has 2 N–H and O–H groups in total. The second-order valence-electron chi connectivity index (χ2n) is 7.58. The zero-order valence-electron chi connectivity index (χ0n) is 16.7. The van der Waals surface area contributed by atoms with Crippen LogP contribution in [0.3, 0.4) is 0 Å². The van der Waals surface area contributed by atoms with E-state index < -0.39 is 0 Å². The Morgan fingerprint density at radius 2 is 1.72 bits per heavy atom. The molecule has 0 spiro atoms. The molecule has 2 aromatic heterocycles. The van der Waals surface area contributed by atoms with E-state index in [0.29, 0.717) is 0 Å². The molecule has 0 unspecified atom stereocenters. The van der Waals surface area contributed by atoms with Gasteiger partial charge in [0.05, 0.1) is 11.9 Å². The summed E-state index contributed by atoms with van der Waals surface area (Å²) in [5.41, 5.74) is 5.87. The molecule has 4 heteroatoms. The van der Waals surface area contributed by atoms with Crippen molar-refractivity contribution < 1.29 is 0 Å². The quantitative estimate of drug-likeness (QED) is 0.413. The number of aromatic amines is 1. The highest BCUT2D eigenvalue weighted by Crippen LogP contribution is 2.26. The molecule has 0 radical (unpaired) electrons. The third-order valence-electron chi connectivity index (χ3n) is 5.69. The average Bonchev–Trinajstić information content (AvgIpc) is 3.34. The molecular formula is C25H24N4. The van der Waals surface area contributed by atoms with Gasteiger partial charge in [-0.05, 0) is 42.8 Å². The van der Waals surface area contributed by atoms with E-state index in [0.717, 1.165) is 17.9 Å². The fourth-order valence-corrected chi connectivity index (χ4v) is 4.08. The van der Waals surface area contributed by atoms with Crippen molar-refractivity contribution in [1.82, 2.24) is 20.1 Å². The van der Waals surface area contributed by atoms with E-state index in [4.69, 9.17) is 5.10 Å². The van der Waals surface area contributed by atoms with Crippen molar-refractivity contribution in [3.63, 3.8) is 0 Å². The minimum atomic E-state index is 0.199. The monoisotopic (exact) mass is 380 g/mol. The van der Waals surface area contributed by atoms with E-state index in [-0.39, 0.29) is 6.04 Å². The van der Waals surface area contributed by atoms with Crippen LogP contribution in [0.2, 0.25) is 0 Å². The Labute approximate surface area is 170 Å². The highest BCUT2D eigenvalue weighted by molar-refractivity contribution is 5.90. The number of hydrogen-bond donors (Lipinski definition) is 2. The molecule has 5 rings (SSSR count). The van der Waals surface area contributed by atoms with Gasteiger partial charge in [-0.1, -0.05) is 54.6 Å². The van der Waals surface area contributed by atoms with E-state index in [1.54, 1.807) is 0 Å². The maximum Gasteiger partial charge on any atom is 0.0727 e. The summed E-state index contributed by atoms with van der Waals surface area (Å²) < 4.78 is 2.05. The number of benzene rings is 3. The molecule has 29 heavy (non-hydrogen) atoms. The largest absolute Gasteiger partial charge is 0.357 e. The van der Waals surface area contributed by atoms with Crippen molar-refractivity contribution in [3.8, 4) is 5.69 Å². The first-order valence-corrected chi connectivity index (χ1v) is 10.0. The molecular weight excluding hydrogens is 356 g/mol. The maximum atomic E-state index is 4.72. The first-order chi connectivity index (χ1) is 14.2. The fraction of sp³-hybridized carbons (Fsp3) is 0.160. The number of aromatic nitrogens is 3. The molecule has 4 nitrogen and oxygen atoms in total. The Balaban J connectivity index is 1.40. The van der Waals surface area contributed by atoms with Crippen molar-refractivity contribution in [3.05, 3.63) is 95.9 Å².